The summed E-state index contributed by atoms with van der Waals surface area (Å²) >= 11 is 0. The highest BCUT2D eigenvalue weighted by molar-refractivity contribution is 7.46. The molecule has 2 aliphatic heterocycles. The number of phosphoric ester groups is 1. The van der Waals surface area contributed by atoms with Gasteiger partial charge in [-0.05, 0) is 33.8 Å². The number of rotatable bonds is 22. The number of ether oxygens (including phenoxy) is 10. The Kier molecular flexibility index (Phi) is 24.8. The molecule has 2 amide bonds. The fourth-order valence-corrected chi connectivity index (χ4v) is 8.20. The predicted molar refractivity (Wildman–Crippen MR) is 237 cm³/mol. The number of nitrogens with zero attached hydrogens (tertiary/aromatic N) is 2. The number of hydrogen-bond acceptors (Lipinski definition) is 25. The minimum Gasteiger partial charge on any atom is -0.756 e. The van der Waals surface area contributed by atoms with Gasteiger partial charge in [0.2, 0.25) is 5.91 Å². The SMILES string of the molecule is CCOC(=O)N[C@H]1[C@H]([C@H](OC(C)=O)[C@@H](COC(C)=O)OC(C)=O)O[C@](OP(=O)([O-])OC[C@H]2O[C@@H](n3ccc(NC(C)=O)nc3=O)[C@H](OC(C)=O)[C@@H]2OC(C)=O)(C(=O)OC)C[C@@H]1OC(C)=O.CC[NH+](CC)CC. The molecule has 11 atom stereocenters. The molecule has 0 aliphatic carbocycles. The maximum Gasteiger partial charge on any atom is 0.407 e. The van der Waals surface area contributed by atoms with Crippen LogP contribution in [0.1, 0.15) is 88.8 Å². The predicted octanol–water partition coefficient (Wildman–Crippen LogP) is -1.47. The number of hydrogen-bond donors (Lipinski definition) is 3. The van der Waals surface area contributed by atoms with Crippen LogP contribution in [-0.2, 0) is 99.3 Å². The number of nitrogens with one attached hydrogen (secondary N) is 3. The molecule has 29 nitrogen and oxygen atoms in total. The van der Waals surface area contributed by atoms with E-state index in [4.69, 9.17) is 56.4 Å². The molecule has 0 bridgehead atoms. The highest BCUT2D eigenvalue weighted by Gasteiger charge is 2.61. The van der Waals surface area contributed by atoms with Crippen LogP contribution in [-0.4, -0.2) is 164 Å². The Morgan fingerprint density at radius 3 is 1.90 bits per heavy atom. The van der Waals surface area contributed by atoms with E-state index in [1.165, 1.54) is 26.6 Å². The molecule has 1 aromatic rings. The Morgan fingerprint density at radius 1 is 0.847 bits per heavy atom. The molecule has 2 saturated heterocycles. The number of esters is 7. The van der Waals surface area contributed by atoms with Gasteiger partial charge in [-0.25, -0.2) is 14.4 Å². The van der Waals surface area contributed by atoms with Gasteiger partial charge in [-0.15, -0.1) is 0 Å². The topological polar surface area (TPSA) is 368 Å². The number of anilines is 1. The second-order valence-corrected chi connectivity index (χ2v) is 17.0. The summed E-state index contributed by atoms with van der Waals surface area (Å²) in [7, 11) is -5.34. The summed E-state index contributed by atoms with van der Waals surface area (Å²) in [6.07, 6.45) is -16.2. The summed E-state index contributed by atoms with van der Waals surface area (Å²) in [4.78, 5) is 144. The molecule has 2 aliphatic rings. The molecule has 0 spiro atoms. The van der Waals surface area contributed by atoms with E-state index in [-0.39, 0.29) is 12.4 Å². The third-order valence-corrected chi connectivity index (χ3v) is 11.1. The van der Waals surface area contributed by atoms with Crippen LogP contribution in [0.5, 0.6) is 0 Å². The Balaban J connectivity index is 0.00000235. The zero-order valence-electron chi connectivity index (χ0n) is 41.9. The van der Waals surface area contributed by atoms with Gasteiger partial charge in [-0.1, -0.05) is 0 Å². The molecule has 30 heteroatoms. The van der Waals surface area contributed by atoms with Crippen molar-refractivity contribution in [1.29, 1.82) is 0 Å². The van der Waals surface area contributed by atoms with Gasteiger partial charge in [0.05, 0.1) is 52.4 Å². The van der Waals surface area contributed by atoms with E-state index < -0.39 is 148 Å². The van der Waals surface area contributed by atoms with E-state index in [1.807, 2.05) is 0 Å². The zero-order valence-corrected chi connectivity index (χ0v) is 42.8. The van der Waals surface area contributed by atoms with Gasteiger partial charge in [0.25, 0.3) is 13.6 Å². The van der Waals surface area contributed by atoms with Crippen molar-refractivity contribution in [3.63, 3.8) is 0 Å². The highest BCUT2D eigenvalue weighted by atomic mass is 31.2. The second-order valence-electron chi connectivity index (χ2n) is 15.6. The number of amides is 2. The van der Waals surface area contributed by atoms with E-state index in [9.17, 15) is 57.4 Å². The molecule has 3 N–H and O–H groups in total. The van der Waals surface area contributed by atoms with Crippen molar-refractivity contribution < 1.29 is 114 Å². The first-order chi connectivity index (χ1) is 33.7. The number of phosphoric acid groups is 1. The van der Waals surface area contributed by atoms with Crippen molar-refractivity contribution >= 4 is 67.4 Å². The molecule has 3 heterocycles. The second kappa shape index (κ2) is 28.8. The molecular weight excluding hydrogens is 989 g/mol. The van der Waals surface area contributed by atoms with Gasteiger partial charge in [-0.2, -0.15) is 4.98 Å². The van der Waals surface area contributed by atoms with Crippen LogP contribution in [0, 0.1) is 0 Å². The van der Waals surface area contributed by atoms with Gasteiger partial charge in [0.1, 0.15) is 30.7 Å². The number of alkyl carbamates (subject to hydrolysis) is 1. The van der Waals surface area contributed by atoms with Crippen molar-refractivity contribution in [3.8, 4) is 0 Å². The van der Waals surface area contributed by atoms with Crippen LogP contribution in [0.2, 0.25) is 0 Å². The Hall–Kier alpha value is -6.10. The highest BCUT2D eigenvalue weighted by Crippen LogP contribution is 2.50. The lowest BCUT2D eigenvalue weighted by atomic mass is 9.88. The van der Waals surface area contributed by atoms with Crippen LogP contribution in [0.15, 0.2) is 17.1 Å². The lowest BCUT2D eigenvalue weighted by Gasteiger charge is -2.49. The smallest absolute Gasteiger partial charge is 0.407 e. The van der Waals surface area contributed by atoms with Gasteiger partial charge >= 0.3 is 53.6 Å². The molecule has 0 aromatic carbocycles. The standard InChI is InChI=1S/C36H49N4O24P.C6H15N/c1-10-54-35(50)39-27-23(57-18(4)43)13-36(33(48)53-9,63-30(27)28(59-20(6)45)24(58-19(5)44)14-55-17(3)42)64-65(51,52)56-15-25-29(60-21(7)46)31(61-22(8)47)32(62-25)40-12-11-26(37-16(2)41)38-34(40)49;1-4-7(5-2)6-3/h11-12,23-25,27-32H,10,13-15H2,1-9H3,(H,39,50)(H,51,52)(H,37,38,41,49);4-6H2,1-3H3/t23-,24+,25+,27+,28+,29+,30+,31+,32+,36+;/m0./s1. The Bertz CT molecular complexity index is 2180. The fourth-order valence-electron chi connectivity index (χ4n) is 7.26. The van der Waals surface area contributed by atoms with Crippen molar-refractivity contribution in [3.05, 3.63) is 22.7 Å². The van der Waals surface area contributed by atoms with Gasteiger partial charge in [-0.3, -0.25) is 47.2 Å². The first-order valence-electron chi connectivity index (χ1n) is 22.4. The van der Waals surface area contributed by atoms with Gasteiger partial charge in [0.15, 0.2) is 30.6 Å². The van der Waals surface area contributed by atoms with Crippen molar-refractivity contribution in [2.45, 2.75) is 143 Å². The third kappa shape index (κ3) is 19.1. The van der Waals surface area contributed by atoms with Crippen LogP contribution >= 0.6 is 7.82 Å². The summed E-state index contributed by atoms with van der Waals surface area (Å²) in [6, 6.07) is -0.639. The lowest BCUT2D eigenvalue weighted by molar-refractivity contribution is -0.894. The average Bonchev–Trinajstić information content (AvgIpc) is 3.58. The quantitative estimate of drug-likeness (QED) is 0.0678. The van der Waals surface area contributed by atoms with Gasteiger partial charge in [0, 0.05) is 54.7 Å². The van der Waals surface area contributed by atoms with Crippen molar-refractivity contribution in [2.24, 2.45) is 0 Å². The minimum atomic E-state index is -6.09. The molecule has 2 fully saturated rings. The molecule has 1 aromatic heterocycles. The number of quaternary nitrogens is 1. The maximum atomic E-state index is 13.9. The minimum absolute atomic E-state index is 0.183. The molecule has 0 radical (unpaired) electrons. The van der Waals surface area contributed by atoms with Crippen LogP contribution in [0.25, 0.3) is 0 Å². The van der Waals surface area contributed by atoms with Crippen LogP contribution in [0.3, 0.4) is 0 Å². The van der Waals surface area contributed by atoms with E-state index in [2.05, 4.69) is 36.4 Å². The summed E-state index contributed by atoms with van der Waals surface area (Å²) in [5.41, 5.74) is -1.09. The molecule has 1 unspecified atom stereocenters. The van der Waals surface area contributed by atoms with Crippen molar-refractivity contribution in [2.75, 3.05) is 51.9 Å². The Labute approximate surface area is 413 Å². The third-order valence-electron chi connectivity index (χ3n) is 10.1. The summed E-state index contributed by atoms with van der Waals surface area (Å²) in [5, 5.41) is 4.61. The van der Waals surface area contributed by atoms with E-state index in [1.54, 1.807) is 4.90 Å². The summed E-state index contributed by atoms with van der Waals surface area (Å²) in [6.45, 7) is 16.3. The molecule has 72 heavy (non-hydrogen) atoms. The summed E-state index contributed by atoms with van der Waals surface area (Å²) in [5.74, 6) is -12.0. The fraction of sp³-hybridized carbons (Fsp3) is 0.690. The Morgan fingerprint density at radius 2 is 1.43 bits per heavy atom. The first kappa shape index (κ1) is 62.0. The van der Waals surface area contributed by atoms with E-state index >= 15 is 0 Å². The molecule has 0 saturated carbocycles. The normalized spacial score (nSPS) is 24.0. The number of methoxy groups -OCH3 is 1. The van der Waals surface area contributed by atoms with Crippen LogP contribution in [0.4, 0.5) is 10.6 Å². The van der Waals surface area contributed by atoms with E-state index in [0.717, 1.165) is 72.4 Å². The molecule has 406 valence electrons. The number of carbonyl (C=O) groups is 9. The summed E-state index contributed by atoms with van der Waals surface area (Å²) < 4.78 is 78.5. The molecular formula is C42H64N5O24P. The number of carbonyl (C=O) groups excluding carboxylic acids is 9. The van der Waals surface area contributed by atoms with Crippen LogP contribution < -0.4 is 26.1 Å². The average molecular weight is 1050 g/mol. The zero-order chi connectivity index (χ0) is 54.7. The largest absolute Gasteiger partial charge is 0.756 e. The van der Waals surface area contributed by atoms with Gasteiger partial charge < -0.3 is 72.3 Å². The number of aromatic nitrogens is 2. The lowest BCUT2D eigenvalue weighted by Crippen LogP contribution is -3.11. The first-order valence-corrected chi connectivity index (χ1v) is 23.8. The monoisotopic (exact) mass is 1050 g/mol. The van der Waals surface area contributed by atoms with E-state index in [0.29, 0.717) is 0 Å². The maximum absolute atomic E-state index is 13.9. The molecule has 3 rings (SSSR count). The van der Waals surface area contributed by atoms with Crippen molar-refractivity contribution in [1.82, 2.24) is 14.9 Å².